The largest absolute Gasteiger partial charge is 0.366 e. The number of rotatable bonds is 1. The van der Waals surface area contributed by atoms with Gasteiger partial charge in [0.2, 0.25) is 0 Å². The van der Waals surface area contributed by atoms with Gasteiger partial charge in [-0.15, -0.1) is 0 Å². The Morgan fingerprint density at radius 3 is 2.94 bits per heavy atom. The Morgan fingerprint density at radius 2 is 2.18 bits per heavy atom. The molecule has 0 saturated carbocycles. The first-order chi connectivity index (χ1) is 8.20. The molecule has 17 heavy (non-hydrogen) atoms. The molecule has 1 aromatic carbocycles. The number of hydrogen-bond acceptors (Lipinski definition) is 5. The van der Waals surface area contributed by atoms with E-state index in [0.29, 0.717) is 19.1 Å². The maximum Gasteiger partial charge on any atom is 0.176 e. The van der Waals surface area contributed by atoms with Gasteiger partial charge < -0.3 is 10.0 Å². The van der Waals surface area contributed by atoms with Gasteiger partial charge in [-0.3, -0.25) is 5.32 Å². The molecule has 0 aromatic heterocycles. The van der Waals surface area contributed by atoms with E-state index in [1.807, 2.05) is 29.2 Å². The third-order valence-corrected chi connectivity index (χ3v) is 4.67. The number of hydrogen-bond donors (Lipinski definition) is 2. The Labute approximate surface area is 112 Å². The van der Waals surface area contributed by atoms with Crippen molar-refractivity contribution < 1.29 is 5.11 Å². The molecule has 3 rings (SSSR count). The number of benzene rings is 1. The number of aliphatic imine (C=N–C) groups is 1. The summed E-state index contributed by atoms with van der Waals surface area (Å²) < 4.78 is 1.01. The van der Waals surface area contributed by atoms with Crippen LogP contribution in [0.15, 0.2) is 33.7 Å². The zero-order valence-corrected chi connectivity index (χ0v) is 11.5. The number of halogens is 1. The molecule has 0 amide bonds. The van der Waals surface area contributed by atoms with Crippen LogP contribution in [0.3, 0.4) is 0 Å². The molecule has 1 atom stereocenters. The summed E-state index contributed by atoms with van der Waals surface area (Å²) in [5.41, 5.74) is -0.0421. The number of fused-ring (bicyclic) bond motifs is 1. The molecule has 2 N–H and O–H groups in total. The number of aliphatic hydroxyl groups is 1. The minimum atomic E-state index is -0.947. The second-order valence-electron chi connectivity index (χ2n) is 4.05. The van der Waals surface area contributed by atoms with E-state index >= 15 is 0 Å². The second-order valence-corrected chi connectivity index (χ2v) is 5.91. The van der Waals surface area contributed by atoms with E-state index in [4.69, 9.17) is 0 Å². The van der Waals surface area contributed by atoms with Crippen molar-refractivity contribution >= 4 is 32.9 Å². The Bertz CT molecular complexity index is 464. The first-order valence-electron chi connectivity index (χ1n) is 5.34. The smallest absolute Gasteiger partial charge is 0.176 e. The number of amidine groups is 1. The predicted molar refractivity (Wildman–Crippen MR) is 72.6 cm³/mol. The average molecular weight is 314 g/mol. The summed E-state index contributed by atoms with van der Waals surface area (Å²) in [5, 5.41) is 14.9. The van der Waals surface area contributed by atoms with E-state index in [2.05, 4.69) is 26.2 Å². The molecule has 1 saturated heterocycles. The summed E-state index contributed by atoms with van der Waals surface area (Å²) in [6, 6.07) is 7.79. The molecule has 1 fully saturated rings. The van der Waals surface area contributed by atoms with Crippen LogP contribution >= 0.6 is 27.7 Å². The third-order valence-electron chi connectivity index (χ3n) is 2.98. The molecular weight excluding hydrogens is 302 g/mol. The van der Waals surface area contributed by atoms with E-state index in [9.17, 15) is 5.11 Å². The second kappa shape index (κ2) is 4.28. The molecule has 90 valence electrons. The van der Waals surface area contributed by atoms with Gasteiger partial charge in [0.15, 0.2) is 10.9 Å². The molecule has 2 aliphatic rings. The monoisotopic (exact) mass is 313 g/mol. The Balaban J connectivity index is 1.98. The third kappa shape index (κ3) is 1.89. The first-order valence-corrected chi connectivity index (χ1v) is 7.12. The maximum atomic E-state index is 10.8. The standard InChI is InChI=1S/C11H12BrN3OS/c12-9-3-1-8(2-4-9)11(16)5-17-10-14-6-13-7-15(10)11/h1-4,13,16H,5-7H2. The quantitative estimate of drug-likeness (QED) is 0.825. The van der Waals surface area contributed by atoms with Crippen LogP contribution in [-0.2, 0) is 5.72 Å². The normalized spacial score (nSPS) is 27.9. The van der Waals surface area contributed by atoms with Crippen molar-refractivity contribution in [2.24, 2.45) is 4.99 Å². The van der Waals surface area contributed by atoms with Crippen LogP contribution < -0.4 is 5.32 Å². The fourth-order valence-electron chi connectivity index (χ4n) is 2.05. The highest BCUT2D eigenvalue weighted by atomic mass is 79.9. The van der Waals surface area contributed by atoms with Gasteiger partial charge >= 0.3 is 0 Å². The zero-order chi connectivity index (χ0) is 11.9. The van der Waals surface area contributed by atoms with Crippen molar-refractivity contribution in [2.45, 2.75) is 5.72 Å². The minimum Gasteiger partial charge on any atom is -0.366 e. The van der Waals surface area contributed by atoms with E-state index in [1.54, 1.807) is 11.8 Å². The summed E-state index contributed by atoms with van der Waals surface area (Å²) in [6.45, 7) is 1.27. The summed E-state index contributed by atoms with van der Waals surface area (Å²) in [6.07, 6.45) is 0. The lowest BCUT2D eigenvalue weighted by molar-refractivity contribution is -0.0532. The van der Waals surface area contributed by atoms with E-state index in [1.165, 1.54) is 0 Å². The molecule has 0 bridgehead atoms. The fourth-order valence-corrected chi connectivity index (χ4v) is 3.49. The molecule has 2 aliphatic heterocycles. The van der Waals surface area contributed by atoms with Gasteiger partial charge in [0.25, 0.3) is 0 Å². The van der Waals surface area contributed by atoms with Gasteiger partial charge in [-0.2, -0.15) is 0 Å². The number of thioether (sulfide) groups is 1. The number of nitrogens with zero attached hydrogens (tertiary/aromatic N) is 2. The Kier molecular flexibility index (Phi) is 2.90. The van der Waals surface area contributed by atoms with Crippen molar-refractivity contribution in [3.8, 4) is 0 Å². The van der Waals surface area contributed by atoms with E-state index in [-0.39, 0.29) is 0 Å². The maximum absolute atomic E-state index is 10.8. The molecule has 0 spiro atoms. The van der Waals surface area contributed by atoms with Crippen LogP contribution in [0.25, 0.3) is 0 Å². The molecule has 2 heterocycles. The van der Waals surface area contributed by atoms with Gasteiger partial charge in [-0.1, -0.05) is 39.8 Å². The van der Waals surface area contributed by atoms with Crippen LogP contribution in [0.5, 0.6) is 0 Å². The van der Waals surface area contributed by atoms with Crippen molar-refractivity contribution in [3.63, 3.8) is 0 Å². The van der Waals surface area contributed by atoms with Crippen LogP contribution in [0, 0.1) is 0 Å². The first kappa shape index (κ1) is 11.5. The molecule has 0 radical (unpaired) electrons. The van der Waals surface area contributed by atoms with Crippen LogP contribution in [-0.4, -0.2) is 34.3 Å². The van der Waals surface area contributed by atoms with E-state index in [0.717, 1.165) is 15.2 Å². The number of nitrogens with one attached hydrogen (secondary N) is 1. The van der Waals surface area contributed by atoms with Gasteiger partial charge in [-0.05, 0) is 12.1 Å². The topological polar surface area (TPSA) is 47.9 Å². The molecular formula is C11H12BrN3OS. The minimum absolute atomic E-state index is 0.620. The van der Waals surface area contributed by atoms with E-state index < -0.39 is 5.72 Å². The summed E-state index contributed by atoms with van der Waals surface area (Å²) in [4.78, 5) is 6.28. The molecule has 1 aromatic rings. The van der Waals surface area contributed by atoms with Crippen molar-refractivity contribution in [2.75, 3.05) is 19.1 Å². The lowest BCUT2D eigenvalue weighted by atomic mass is 10.0. The lowest BCUT2D eigenvalue weighted by Crippen LogP contribution is -2.51. The average Bonchev–Trinajstić information content (AvgIpc) is 2.70. The molecule has 6 heteroatoms. The lowest BCUT2D eigenvalue weighted by Gasteiger charge is -2.36. The summed E-state index contributed by atoms with van der Waals surface area (Å²) in [5.74, 6) is 0.620. The summed E-state index contributed by atoms with van der Waals surface area (Å²) in [7, 11) is 0. The zero-order valence-electron chi connectivity index (χ0n) is 9.06. The molecule has 0 aliphatic carbocycles. The summed E-state index contributed by atoms with van der Waals surface area (Å²) >= 11 is 5.01. The van der Waals surface area contributed by atoms with Crippen LogP contribution in [0.1, 0.15) is 5.56 Å². The van der Waals surface area contributed by atoms with Crippen molar-refractivity contribution in [1.29, 1.82) is 0 Å². The van der Waals surface area contributed by atoms with Crippen LogP contribution in [0.4, 0.5) is 0 Å². The van der Waals surface area contributed by atoms with Gasteiger partial charge in [0.05, 0.1) is 19.1 Å². The highest BCUT2D eigenvalue weighted by Crippen LogP contribution is 2.39. The molecule has 4 nitrogen and oxygen atoms in total. The predicted octanol–water partition coefficient (Wildman–Crippen LogP) is 1.52. The fraction of sp³-hybridized carbons (Fsp3) is 0.364. The Hall–Kier alpha value is -0.560. The Morgan fingerprint density at radius 1 is 1.41 bits per heavy atom. The highest BCUT2D eigenvalue weighted by molar-refractivity contribution is 9.10. The van der Waals surface area contributed by atoms with Crippen molar-refractivity contribution in [3.05, 3.63) is 34.3 Å². The van der Waals surface area contributed by atoms with Crippen molar-refractivity contribution in [1.82, 2.24) is 10.2 Å². The SMILES string of the molecule is OC1(c2ccc(Br)cc2)CSC2=NCNCN21. The van der Waals surface area contributed by atoms with Gasteiger partial charge in [0.1, 0.15) is 0 Å². The van der Waals surface area contributed by atoms with Crippen LogP contribution in [0.2, 0.25) is 0 Å². The highest BCUT2D eigenvalue weighted by Gasteiger charge is 2.45. The van der Waals surface area contributed by atoms with Gasteiger partial charge in [-0.25, -0.2) is 4.99 Å². The van der Waals surface area contributed by atoms with Gasteiger partial charge in [0, 0.05) is 10.0 Å². The molecule has 1 unspecified atom stereocenters.